The average Bonchev–Trinajstić information content (AvgIpc) is 2.28. The molecule has 1 atom stereocenters. The highest BCUT2D eigenvalue weighted by molar-refractivity contribution is 5.79. The van der Waals surface area contributed by atoms with Crippen molar-refractivity contribution < 1.29 is 18.7 Å². The second-order valence-electron chi connectivity index (χ2n) is 4.76. The summed E-state index contributed by atoms with van der Waals surface area (Å²) in [5.74, 6) is -3.02. The van der Waals surface area contributed by atoms with Gasteiger partial charge in [0.15, 0.2) is 0 Å². The number of carbonyl (C=O) groups is 1. The summed E-state index contributed by atoms with van der Waals surface area (Å²) in [5, 5.41) is 11.6. The molecule has 2 N–H and O–H groups in total. The summed E-state index contributed by atoms with van der Waals surface area (Å²) in [7, 11) is 0. The molecule has 1 aliphatic carbocycles. The smallest absolute Gasteiger partial charge is 0.248 e. The average molecular weight is 249 g/mol. The van der Waals surface area contributed by atoms with Crippen molar-refractivity contribution in [1.29, 1.82) is 0 Å². The highest BCUT2D eigenvalue weighted by atomic mass is 19.3. The number of hydrogen-bond donors (Lipinski definition) is 2. The molecule has 0 aromatic carbocycles. The molecule has 5 heteroatoms. The maximum absolute atomic E-state index is 12.9. The molecule has 1 unspecified atom stereocenters. The predicted octanol–water partition coefficient (Wildman–Crippen LogP) is 2.09. The Bertz CT molecular complexity index is 249. The predicted molar refractivity (Wildman–Crippen MR) is 60.8 cm³/mol. The van der Waals surface area contributed by atoms with E-state index in [1.54, 1.807) is 0 Å². The summed E-state index contributed by atoms with van der Waals surface area (Å²) >= 11 is 0. The summed E-state index contributed by atoms with van der Waals surface area (Å²) < 4.78 is 25.9. The largest absolute Gasteiger partial charge is 0.396 e. The van der Waals surface area contributed by atoms with Crippen molar-refractivity contribution in [2.75, 3.05) is 6.61 Å². The van der Waals surface area contributed by atoms with Gasteiger partial charge in [-0.05, 0) is 25.7 Å². The van der Waals surface area contributed by atoms with Crippen molar-refractivity contribution >= 4 is 5.91 Å². The van der Waals surface area contributed by atoms with E-state index in [2.05, 4.69) is 5.32 Å². The number of halogens is 2. The molecule has 100 valence electrons. The summed E-state index contributed by atoms with van der Waals surface area (Å²) in [4.78, 5) is 11.8. The van der Waals surface area contributed by atoms with Gasteiger partial charge in [0.25, 0.3) is 0 Å². The molecular weight excluding hydrogens is 228 g/mol. The van der Waals surface area contributed by atoms with E-state index in [1.807, 2.05) is 6.92 Å². The summed E-state index contributed by atoms with van der Waals surface area (Å²) in [6, 6.07) is -0.0464. The van der Waals surface area contributed by atoms with Gasteiger partial charge in [-0.25, -0.2) is 8.78 Å². The maximum Gasteiger partial charge on any atom is 0.248 e. The van der Waals surface area contributed by atoms with Gasteiger partial charge in [-0.3, -0.25) is 4.79 Å². The van der Waals surface area contributed by atoms with Crippen LogP contribution < -0.4 is 5.32 Å². The Morgan fingerprint density at radius 2 is 2.06 bits per heavy atom. The van der Waals surface area contributed by atoms with Gasteiger partial charge in [0.1, 0.15) is 0 Å². The molecule has 0 heterocycles. The third kappa shape index (κ3) is 4.58. The number of hydrogen-bond acceptors (Lipinski definition) is 2. The lowest BCUT2D eigenvalue weighted by atomic mass is 9.86. The minimum absolute atomic E-state index is 0.0293. The van der Waals surface area contributed by atoms with Crippen LogP contribution in [0.25, 0.3) is 0 Å². The van der Waals surface area contributed by atoms with Gasteiger partial charge in [-0.1, -0.05) is 6.92 Å². The summed E-state index contributed by atoms with van der Waals surface area (Å²) in [6.45, 7) is 1.96. The number of aliphatic hydroxyl groups is 1. The zero-order chi connectivity index (χ0) is 12.9. The number of amides is 1. The fraction of sp³-hybridized carbons (Fsp3) is 0.917. The van der Waals surface area contributed by atoms with Crippen molar-refractivity contribution in [3.8, 4) is 0 Å². The van der Waals surface area contributed by atoms with E-state index in [0.717, 1.165) is 6.42 Å². The fourth-order valence-electron chi connectivity index (χ4n) is 2.16. The molecule has 3 nitrogen and oxygen atoms in total. The molecule has 1 amide bonds. The van der Waals surface area contributed by atoms with Crippen LogP contribution in [-0.2, 0) is 4.79 Å². The molecule has 1 aliphatic rings. The van der Waals surface area contributed by atoms with E-state index in [1.165, 1.54) is 0 Å². The van der Waals surface area contributed by atoms with Crippen LogP contribution in [0.2, 0.25) is 0 Å². The first kappa shape index (κ1) is 14.4. The Morgan fingerprint density at radius 1 is 1.47 bits per heavy atom. The quantitative estimate of drug-likeness (QED) is 0.783. The molecular formula is C12H21F2NO2. The molecule has 0 aliphatic heterocycles. The third-order valence-electron chi connectivity index (χ3n) is 3.40. The normalized spacial score (nSPS) is 22.1. The van der Waals surface area contributed by atoms with Crippen LogP contribution in [-0.4, -0.2) is 29.6 Å². The number of aliphatic hydroxyl groups excluding tert-OH is 1. The Hall–Kier alpha value is -0.710. The molecule has 1 fully saturated rings. The monoisotopic (exact) mass is 249 g/mol. The fourth-order valence-corrected chi connectivity index (χ4v) is 2.16. The van der Waals surface area contributed by atoms with E-state index in [4.69, 9.17) is 5.11 Å². The van der Waals surface area contributed by atoms with Crippen LogP contribution >= 0.6 is 0 Å². The highest BCUT2D eigenvalue weighted by Gasteiger charge is 2.37. The van der Waals surface area contributed by atoms with E-state index in [9.17, 15) is 13.6 Å². The summed E-state index contributed by atoms with van der Waals surface area (Å²) in [5.41, 5.74) is 0. The number of nitrogens with one attached hydrogen (secondary N) is 1. The van der Waals surface area contributed by atoms with Crippen LogP contribution in [0.5, 0.6) is 0 Å². The maximum atomic E-state index is 12.9. The SMILES string of the molecule is CCC(CCO)NC(=O)C1CCC(F)(F)CC1. The minimum Gasteiger partial charge on any atom is -0.396 e. The van der Waals surface area contributed by atoms with Crippen LogP contribution in [0.3, 0.4) is 0 Å². The van der Waals surface area contributed by atoms with Gasteiger partial charge in [-0.15, -0.1) is 0 Å². The lowest BCUT2D eigenvalue weighted by Gasteiger charge is -2.28. The van der Waals surface area contributed by atoms with Crippen LogP contribution in [0, 0.1) is 5.92 Å². The second-order valence-corrected chi connectivity index (χ2v) is 4.76. The zero-order valence-corrected chi connectivity index (χ0v) is 10.2. The Morgan fingerprint density at radius 3 is 2.53 bits per heavy atom. The van der Waals surface area contributed by atoms with Gasteiger partial charge >= 0.3 is 0 Å². The molecule has 0 radical (unpaired) electrons. The highest BCUT2D eigenvalue weighted by Crippen LogP contribution is 2.36. The van der Waals surface area contributed by atoms with Gasteiger partial charge in [-0.2, -0.15) is 0 Å². The second kappa shape index (κ2) is 6.28. The van der Waals surface area contributed by atoms with E-state index in [-0.39, 0.29) is 50.2 Å². The van der Waals surface area contributed by atoms with Gasteiger partial charge in [0.2, 0.25) is 11.8 Å². The zero-order valence-electron chi connectivity index (χ0n) is 10.2. The molecule has 0 spiro atoms. The van der Waals surface area contributed by atoms with E-state index < -0.39 is 5.92 Å². The topological polar surface area (TPSA) is 49.3 Å². The van der Waals surface area contributed by atoms with Crippen molar-refractivity contribution in [2.24, 2.45) is 5.92 Å². The summed E-state index contributed by atoms with van der Waals surface area (Å²) in [6.07, 6.45) is 1.40. The first-order valence-corrected chi connectivity index (χ1v) is 6.27. The van der Waals surface area contributed by atoms with Crippen LogP contribution in [0.15, 0.2) is 0 Å². The van der Waals surface area contributed by atoms with Gasteiger partial charge in [0.05, 0.1) is 0 Å². The minimum atomic E-state index is -2.59. The number of alkyl halides is 2. The molecule has 0 saturated heterocycles. The van der Waals surface area contributed by atoms with Crippen molar-refractivity contribution in [2.45, 2.75) is 57.4 Å². The van der Waals surface area contributed by atoms with Crippen molar-refractivity contribution in [1.82, 2.24) is 5.32 Å². The third-order valence-corrected chi connectivity index (χ3v) is 3.40. The van der Waals surface area contributed by atoms with E-state index >= 15 is 0 Å². The standard InChI is InChI=1S/C12H21F2NO2/c1-2-10(5-8-16)15-11(17)9-3-6-12(13,14)7-4-9/h9-10,16H,2-8H2,1H3,(H,15,17). The number of carbonyl (C=O) groups excluding carboxylic acids is 1. The van der Waals surface area contributed by atoms with Crippen LogP contribution in [0.1, 0.15) is 45.4 Å². The molecule has 17 heavy (non-hydrogen) atoms. The molecule has 0 aromatic rings. The Kier molecular flexibility index (Phi) is 5.31. The molecule has 1 rings (SSSR count). The number of rotatable bonds is 5. The Labute approximate surface area is 101 Å². The molecule has 0 aromatic heterocycles. The lowest BCUT2D eigenvalue weighted by Crippen LogP contribution is -2.41. The first-order chi connectivity index (χ1) is 7.98. The lowest BCUT2D eigenvalue weighted by molar-refractivity contribution is -0.130. The van der Waals surface area contributed by atoms with Gasteiger partial charge < -0.3 is 10.4 Å². The molecule has 1 saturated carbocycles. The van der Waals surface area contributed by atoms with Gasteiger partial charge in [0, 0.05) is 31.4 Å². The molecule has 0 bridgehead atoms. The van der Waals surface area contributed by atoms with Crippen molar-refractivity contribution in [3.63, 3.8) is 0 Å². The first-order valence-electron chi connectivity index (χ1n) is 6.27. The Balaban J connectivity index is 2.38. The van der Waals surface area contributed by atoms with Crippen LogP contribution in [0.4, 0.5) is 8.78 Å². The van der Waals surface area contributed by atoms with E-state index in [0.29, 0.717) is 6.42 Å². The van der Waals surface area contributed by atoms with Crippen molar-refractivity contribution in [3.05, 3.63) is 0 Å².